The minimum absolute atomic E-state index is 0.0150. The molecule has 1 aliphatic rings. The Balaban J connectivity index is 1.40. The zero-order valence-corrected chi connectivity index (χ0v) is 18.1. The van der Waals surface area contributed by atoms with E-state index in [0.29, 0.717) is 31.7 Å². The molecule has 0 N–H and O–H groups in total. The number of carbonyl (C=O) groups is 1. The van der Waals surface area contributed by atoms with Gasteiger partial charge in [0.15, 0.2) is 12.4 Å². The van der Waals surface area contributed by atoms with Gasteiger partial charge in [-0.1, -0.05) is 18.2 Å². The minimum Gasteiger partial charge on any atom is -0.484 e. The highest BCUT2D eigenvalue weighted by Gasteiger charge is 2.25. The molecule has 0 atom stereocenters. The second-order valence-electron chi connectivity index (χ2n) is 7.98. The molecule has 1 aromatic carbocycles. The predicted octanol–water partition coefficient (Wildman–Crippen LogP) is 2.60. The Morgan fingerprint density at radius 3 is 2.48 bits per heavy atom. The predicted molar refractivity (Wildman–Crippen MR) is 117 cm³/mol. The first kappa shape index (κ1) is 20.8. The fraction of sp³-hybridized carbons (Fsp3) is 0.391. The zero-order valence-electron chi connectivity index (χ0n) is 18.1. The van der Waals surface area contributed by atoms with E-state index in [1.54, 1.807) is 15.6 Å². The van der Waals surface area contributed by atoms with Crippen LogP contribution in [0.2, 0.25) is 0 Å². The minimum atomic E-state index is -0.141. The van der Waals surface area contributed by atoms with Gasteiger partial charge in [-0.2, -0.15) is 5.10 Å². The summed E-state index contributed by atoms with van der Waals surface area (Å²) < 4.78 is 8.97. The lowest BCUT2D eigenvalue weighted by Crippen LogP contribution is -2.43. The van der Waals surface area contributed by atoms with Gasteiger partial charge in [-0.25, -0.2) is 9.36 Å². The molecule has 1 fully saturated rings. The van der Waals surface area contributed by atoms with Crippen molar-refractivity contribution in [2.45, 2.75) is 39.7 Å². The summed E-state index contributed by atoms with van der Waals surface area (Å²) in [7, 11) is 0. The Kier molecular flexibility index (Phi) is 5.88. The van der Waals surface area contributed by atoms with Crippen molar-refractivity contribution in [1.29, 1.82) is 0 Å². The van der Waals surface area contributed by atoms with Gasteiger partial charge in [-0.3, -0.25) is 9.59 Å². The molecule has 3 aromatic rings. The van der Waals surface area contributed by atoms with Crippen LogP contribution in [-0.2, 0) is 4.79 Å². The van der Waals surface area contributed by atoms with Crippen LogP contribution in [0, 0.1) is 20.8 Å². The van der Waals surface area contributed by atoms with Crippen LogP contribution in [0.15, 0.2) is 47.3 Å². The van der Waals surface area contributed by atoms with Crippen LogP contribution < -0.4 is 10.3 Å². The van der Waals surface area contributed by atoms with E-state index >= 15 is 0 Å². The molecule has 0 bridgehead atoms. The number of nitrogens with zero attached hydrogens (tertiary/aromatic N) is 5. The number of rotatable bonds is 5. The topological polar surface area (TPSA) is 82.2 Å². The van der Waals surface area contributed by atoms with E-state index in [-0.39, 0.29) is 24.1 Å². The molecular weight excluding hydrogens is 394 g/mol. The number of piperidine rings is 1. The van der Waals surface area contributed by atoms with Crippen LogP contribution in [0.25, 0.3) is 5.82 Å². The summed E-state index contributed by atoms with van der Waals surface area (Å²) in [5, 5.41) is 9.03. The molecule has 8 nitrogen and oxygen atoms in total. The van der Waals surface area contributed by atoms with Gasteiger partial charge in [0.25, 0.3) is 11.5 Å². The van der Waals surface area contributed by atoms with E-state index in [4.69, 9.17) is 4.74 Å². The highest BCUT2D eigenvalue weighted by atomic mass is 16.5. The molecule has 4 rings (SSSR count). The Morgan fingerprint density at radius 2 is 1.81 bits per heavy atom. The smallest absolute Gasteiger partial charge is 0.267 e. The summed E-state index contributed by atoms with van der Waals surface area (Å²) in [5.74, 6) is 1.30. The van der Waals surface area contributed by atoms with Crippen LogP contribution in [0.5, 0.6) is 5.75 Å². The highest BCUT2D eigenvalue weighted by Crippen LogP contribution is 2.22. The molecule has 0 radical (unpaired) electrons. The molecule has 1 aliphatic heterocycles. The molecular formula is C23H27N5O3. The van der Waals surface area contributed by atoms with Crippen molar-refractivity contribution < 1.29 is 9.53 Å². The molecule has 162 valence electrons. The van der Waals surface area contributed by atoms with Crippen molar-refractivity contribution in [3.8, 4) is 11.6 Å². The van der Waals surface area contributed by atoms with E-state index in [1.165, 1.54) is 10.7 Å². The molecule has 31 heavy (non-hydrogen) atoms. The van der Waals surface area contributed by atoms with Gasteiger partial charge < -0.3 is 9.64 Å². The number of para-hydroxylation sites is 1. The molecule has 2 aromatic heterocycles. The summed E-state index contributed by atoms with van der Waals surface area (Å²) in [4.78, 5) is 26.8. The third-order valence-electron chi connectivity index (χ3n) is 5.65. The number of hydrogen-bond donors (Lipinski definition) is 0. The van der Waals surface area contributed by atoms with Gasteiger partial charge in [-0.15, -0.1) is 5.10 Å². The molecule has 0 unspecified atom stereocenters. The molecule has 8 heteroatoms. The number of ether oxygens (including phenoxy) is 1. The zero-order chi connectivity index (χ0) is 22.0. The SMILES string of the molecule is Cc1cc(C)n(-c2ccc(=O)n(C3CCN(C(=O)COc4ccccc4C)CC3)n2)n1. The van der Waals surface area contributed by atoms with Crippen LogP contribution in [0.3, 0.4) is 0 Å². The summed E-state index contributed by atoms with van der Waals surface area (Å²) in [5.41, 5.74) is 2.72. The summed E-state index contributed by atoms with van der Waals surface area (Å²) in [6, 6.07) is 12.8. The Hall–Kier alpha value is -3.42. The molecule has 0 saturated carbocycles. The van der Waals surface area contributed by atoms with Crippen molar-refractivity contribution in [2.24, 2.45) is 0 Å². The first-order valence-electron chi connectivity index (χ1n) is 10.5. The van der Waals surface area contributed by atoms with E-state index in [9.17, 15) is 9.59 Å². The van der Waals surface area contributed by atoms with Crippen LogP contribution in [0.4, 0.5) is 0 Å². The number of carbonyl (C=O) groups excluding carboxylic acids is 1. The average molecular weight is 422 g/mol. The van der Waals surface area contributed by atoms with Crippen LogP contribution in [0.1, 0.15) is 35.8 Å². The van der Waals surface area contributed by atoms with Gasteiger partial charge in [-0.05, 0) is 57.4 Å². The van der Waals surface area contributed by atoms with Gasteiger partial charge in [0.1, 0.15) is 5.75 Å². The number of hydrogen-bond acceptors (Lipinski definition) is 5. The normalized spacial score (nSPS) is 14.6. The number of amides is 1. The van der Waals surface area contributed by atoms with Crippen molar-refractivity contribution in [2.75, 3.05) is 19.7 Å². The first-order valence-corrected chi connectivity index (χ1v) is 10.5. The monoisotopic (exact) mass is 421 g/mol. The molecule has 0 aliphatic carbocycles. The summed E-state index contributed by atoms with van der Waals surface area (Å²) >= 11 is 0. The summed E-state index contributed by atoms with van der Waals surface area (Å²) in [6.45, 7) is 6.99. The highest BCUT2D eigenvalue weighted by molar-refractivity contribution is 5.77. The van der Waals surface area contributed by atoms with Crippen molar-refractivity contribution in [1.82, 2.24) is 24.5 Å². The van der Waals surface area contributed by atoms with E-state index in [0.717, 1.165) is 22.7 Å². The van der Waals surface area contributed by atoms with E-state index in [2.05, 4.69) is 10.2 Å². The second kappa shape index (κ2) is 8.75. The van der Waals surface area contributed by atoms with Crippen LogP contribution >= 0.6 is 0 Å². The maximum absolute atomic E-state index is 12.6. The van der Waals surface area contributed by atoms with Gasteiger partial charge in [0.2, 0.25) is 0 Å². The van der Waals surface area contributed by atoms with Crippen molar-refractivity contribution in [3.63, 3.8) is 0 Å². The average Bonchev–Trinajstić information content (AvgIpc) is 3.11. The lowest BCUT2D eigenvalue weighted by molar-refractivity contribution is -0.134. The fourth-order valence-corrected chi connectivity index (χ4v) is 3.96. The lowest BCUT2D eigenvalue weighted by Gasteiger charge is -2.32. The molecule has 1 amide bonds. The second-order valence-corrected chi connectivity index (χ2v) is 7.98. The third kappa shape index (κ3) is 4.52. The molecule has 0 spiro atoms. The van der Waals surface area contributed by atoms with Gasteiger partial charge in [0, 0.05) is 24.8 Å². The van der Waals surface area contributed by atoms with Crippen molar-refractivity contribution in [3.05, 3.63) is 69.8 Å². The molecule has 1 saturated heterocycles. The lowest BCUT2D eigenvalue weighted by atomic mass is 10.1. The van der Waals surface area contributed by atoms with Gasteiger partial charge >= 0.3 is 0 Å². The molecule has 3 heterocycles. The standard InChI is InChI=1S/C23H27N5O3/c1-16-6-4-5-7-20(16)31-15-23(30)26-12-10-19(11-13-26)28-22(29)9-8-21(25-28)27-18(3)14-17(2)24-27/h4-9,14,19H,10-13,15H2,1-3H3. The van der Waals surface area contributed by atoms with Crippen molar-refractivity contribution >= 4 is 5.91 Å². The number of likely N-dealkylation sites (tertiary alicyclic amines) is 1. The third-order valence-corrected chi connectivity index (χ3v) is 5.65. The quantitative estimate of drug-likeness (QED) is 0.632. The maximum atomic E-state index is 12.6. The number of benzene rings is 1. The number of aryl methyl sites for hydroxylation is 3. The Morgan fingerprint density at radius 1 is 1.06 bits per heavy atom. The van der Waals surface area contributed by atoms with Crippen LogP contribution in [-0.4, -0.2) is 50.1 Å². The Labute approximate surface area is 181 Å². The van der Waals surface area contributed by atoms with E-state index in [1.807, 2.05) is 51.1 Å². The first-order chi connectivity index (χ1) is 14.9. The maximum Gasteiger partial charge on any atom is 0.267 e. The number of aromatic nitrogens is 4. The van der Waals surface area contributed by atoms with Gasteiger partial charge in [0.05, 0.1) is 11.7 Å². The Bertz CT molecular complexity index is 1140. The van der Waals surface area contributed by atoms with E-state index < -0.39 is 0 Å². The fourth-order valence-electron chi connectivity index (χ4n) is 3.96. The largest absolute Gasteiger partial charge is 0.484 e. The summed E-state index contributed by atoms with van der Waals surface area (Å²) in [6.07, 6.45) is 1.34.